The van der Waals surface area contributed by atoms with Gasteiger partial charge < -0.3 is 14.6 Å². The quantitative estimate of drug-likeness (QED) is 0.423. The number of rotatable bonds is 10. The molecular weight excluding hydrogens is 410 g/mol. The van der Waals surface area contributed by atoms with Gasteiger partial charge in [0.05, 0.1) is 17.6 Å². The molecule has 1 aliphatic carbocycles. The van der Waals surface area contributed by atoms with Crippen LogP contribution in [0.2, 0.25) is 0 Å². The monoisotopic (exact) mass is 447 g/mol. The van der Waals surface area contributed by atoms with Gasteiger partial charge >= 0.3 is 0 Å². The summed E-state index contributed by atoms with van der Waals surface area (Å²) in [5.41, 5.74) is 3.45. The third-order valence-corrected chi connectivity index (χ3v) is 7.00. The van der Waals surface area contributed by atoms with Crippen molar-refractivity contribution in [1.82, 2.24) is 14.9 Å². The number of aromatic nitrogens is 2. The number of hydrogen-bond acceptors (Lipinski definition) is 3. The zero-order valence-corrected chi connectivity index (χ0v) is 20.1. The van der Waals surface area contributed by atoms with Gasteiger partial charge in [-0.3, -0.25) is 4.79 Å². The van der Waals surface area contributed by atoms with E-state index in [9.17, 15) is 4.79 Å². The van der Waals surface area contributed by atoms with Crippen molar-refractivity contribution in [3.8, 4) is 5.75 Å². The number of fused-ring (bicyclic) bond motifs is 1. The smallest absolute Gasteiger partial charge is 0.223 e. The second kappa shape index (κ2) is 11.4. The molecule has 0 spiro atoms. The van der Waals surface area contributed by atoms with Crippen molar-refractivity contribution in [3.63, 3.8) is 0 Å². The van der Waals surface area contributed by atoms with Crippen LogP contribution in [0.3, 0.4) is 0 Å². The summed E-state index contributed by atoms with van der Waals surface area (Å²) in [6.45, 7) is 6.38. The maximum Gasteiger partial charge on any atom is 0.223 e. The molecule has 4 rings (SSSR count). The molecule has 1 aliphatic rings. The molecule has 1 saturated carbocycles. The first-order valence-electron chi connectivity index (χ1n) is 12.6. The van der Waals surface area contributed by atoms with E-state index in [1.54, 1.807) is 0 Å². The molecule has 33 heavy (non-hydrogen) atoms. The van der Waals surface area contributed by atoms with E-state index >= 15 is 0 Å². The molecule has 5 heteroatoms. The summed E-state index contributed by atoms with van der Waals surface area (Å²) in [4.78, 5) is 17.3. The summed E-state index contributed by atoms with van der Waals surface area (Å²) in [5.74, 6) is 2.86. The highest BCUT2D eigenvalue weighted by Gasteiger charge is 2.20. The van der Waals surface area contributed by atoms with Crippen molar-refractivity contribution in [2.24, 2.45) is 5.92 Å². The normalized spacial score (nSPS) is 15.5. The molecule has 1 heterocycles. The maximum absolute atomic E-state index is 12.5. The fourth-order valence-electron chi connectivity index (χ4n) is 4.76. The zero-order chi connectivity index (χ0) is 23.0. The molecular formula is C28H37N3O2. The van der Waals surface area contributed by atoms with E-state index in [2.05, 4.69) is 54.1 Å². The lowest BCUT2D eigenvalue weighted by Crippen LogP contribution is -2.33. The number of amides is 1. The topological polar surface area (TPSA) is 56.1 Å². The van der Waals surface area contributed by atoms with Crippen LogP contribution in [0.5, 0.6) is 5.75 Å². The first-order valence-corrected chi connectivity index (χ1v) is 12.6. The number of benzene rings is 2. The Bertz CT molecular complexity index is 1030. The Labute approximate surface area is 197 Å². The molecule has 0 saturated heterocycles. The molecule has 0 radical (unpaired) electrons. The molecule has 1 N–H and O–H groups in total. The average molecular weight is 448 g/mol. The summed E-state index contributed by atoms with van der Waals surface area (Å²) >= 11 is 0. The summed E-state index contributed by atoms with van der Waals surface area (Å²) < 4.78 is 8.29. The van der Waals surface area contributed by atoms with Crippen LogP contribution in [0, 0.1) is 5.92 Å². The average Bonchev–Trinajstić information content (AvgIpc) is 3.21. The van der Waals surface area contributed by atoms with Crippen molar-refractivity contribution in [1.29, 1.82) is 0 Å². The third-order valence-electron chi connectivity index (χ3n) is 7.00. The standard InChI is InChI=1S/C28H37N3O2/c1-3-21(2)22-13-15-24(16-14-22)33-20-19-31-26-12-8-7-11-25(26)30-27(31)17-18-29-28(32)23-9-5-4-6-10-23/h7-8,11-16,21,23H,3-6,9-10,17-20H2,1-2H3,(H,29,32). The van der Waals surface area contributed by atoms with Gasteiger partial charge in [-0.25, -0.2) is 4.98 Å². The number of para-hydroxylation sites is 2. The fraction of sp³-hybridized carbons (Fsp3) is 0.500. The van der Waals surface area contributed by atoms with E-state index in [1.807, 2.05) is 18.2 Å². The largest absolute Gasteiger partial charge is 0.492 e. The van der Waals surface area contributed by atoms with Gasteiger partial charge in [-0.15, -0.1) is 0 Å². The Kier molecular flexibility index (Phi) is 8.03. The summed E-state index contributed by atoms with van der Waals surface area (Å²) in [6, 6.07) is 16.7. The Morgan fingerprint density at radius 3 is 2.64 bits per heavy atom. The van der Waals surface area contributed by atoms with E-state index in [0.29, 0.717) is 19.1 Å². The Morgan fingerprint density at radius 1 is 1.12 bits per heavy atom. The number of carbonyl (C=O) groups excluding carboxylic acids is 1. The van der Waals surface area contributed by atoms with Gasteiger partial charge in [0.2, 0.25) is 5.91 Å². The first kappa shape index (κ1) is 23.3. The molecule has 3 aromatic rings. The summed E-state index contributed by atoms with van der Waals surface area (Å²) in [7, 11) is 0. The Morgan fingerprint density at radius 2 is 1.88 bits per heavy atom. The number of nitrogens with zero attached hydrogens (tertiary/aromatic N) is 2. The molecule has 1 atom stereocenters. The van der Waals surface area contributed by atoms with E-state index < -0.39 is 0 Å². The molecule has 1 fully saturated rings. The Hall–Kier alpha value is -2.82. The van der Waals surface area contributed by atoms with Crippen LogP contribution in [-0.4, -0.2) is 28.6 Å². The summed E-state index contributed by atoms with van der Waals surface area (Å²) in [6.07, 6.45) is 7.52. The molecule has 2 aromatic carbocycles. The van der Waals surface area contributed by atoms with Crippen molar-refractivity contribution in [2.75, 3.05) is 13.2 Å². The van der Waals surface area contributed by atoms with E-state index in [-0.39, 0.29) is 11.8 Å². The molecule has 0 aliphatic heterocycles. The predicted octanol–water partition coefficient (Wildman–Crippen LogP) is 5.87. The molecule has 5 nitrogen and oxygen atoms in total. The van der Waals surface area contributed by atoms with Gasteiger partial charge in [0, 0.05) is 18.9 Å². The minimum Gasteiger partial charge on any atom is -0.492 e. The highest BCUT2D eigenvalue weighted by atomic mass is 16.5. The first-order chi connectivity index (χ1) is 16.2. The second-order valence-electron chi connectivity index (χ2n) is 9.27. The van der Waals surface area contributed by atoms with Crippen LogP contribution >= 0.6 is 0 Å². The van der Waals surface area contributed by atoms with E-state index in [4.69, 9.17) is 9.72 Å². The highest BCUT2D eigenvalue weighted by Crippen LogP contribution is 2.24. The zero-order valence-electron chi connectivity index (χ0n) is 20.1. The molecule has 176 valence electrons. The molecule has 1 aromatic heterocycles. The van der Waals surface area contributed by atoms with Gasteiger partial charge in [-0.1, -0.05) is 57.4 Å². The Balaban J connectivity index is 1.36. The van der Waals surface area contributed by atoms with Gasteiger partial charge in [0.25, 0.3) is 0 Å². The van der Waals surface area contributed by atoms with Crippen LogP contribution in [-0.2, 0) is 17.8 Å². The SMILES string of the molecule is CCC(C)c1ccc(OCCn2c(CCNC(=O)C3CCCCC3)nc3ccccc32)cc1. The van der Waals surface area contributed by atoms with Gasteiger partial charge in [-0.05, 0) is 55.0 Å². The van der Waals surface area contributed by atoms with Crippen LogP contribution in [0.15, 0.2) is 48.5 Å². The van der Waals surface area contributed by atoms with Crippen LogP contribution < -0.4 is 10.1 Å². The van der Waals surface area contributed by atoms with Crippen molar-refractivity contribution >= 4 is 16.9 Å². The van der Waals surface area contributed by atoms with Crippen molar-refractivity contribution in [3.05, 3.63) is 59.9 Å². The minimum absolute atomic E-state index is 0.192. The maximum atomic E-state index is 12.5. The van der Waals surface area contributed by atoms with Gasteiger partial charge in [-0.2, -0.15) is 0 Å². The van der Waals surface area contributed by atoms with Gasteiger partial charge in [0.15, 0.2) is 0 Å². The molecule has 0 bridgehead atoms. The lowest BCUT2D eigenvalue weighted by atomic mass is 9.89. The summed E-state index contributed by atoms with van der Waals surface area (Å²) in [5, 5.41) is 3.15. The van der Waals surface area contributed by atoms with Crippen molar-refractivity contribution in [2.45, 2.75) is 71.3 Å². The van der Waals surface area contributed by atoms with E-state index in [1.165, 1.54) is 24.8 Å². The molecule has 1 unspecified atom stereocenters. The number of hydrogen-bond donors (Lipinski definition) is 1. The number of ether oxygens (including phenoxy) is 1. The number of carbonyl (C=O) groups is 1. The van der Waals surface area contributed by atoms with Gasteiger partial charge in [0.1, 0.15) is 18.2 Å². The fourth-order valence-corrected chi connectivity index (χ4v) is 4.76. The minimum atomic E-state index is 0.192. The second-order valence-corrected chi connectivity index (χ2v) is 9.27. The highest BCUT2D eigenvalue weighted by molar-refractivity contribution is 5.78. The lowest BCUT2D eigenvalue weighted by molar-refractivity contribution is -0.125. The predicted molar refractivity (Wildman–Crippen MR) is 134 cm³/mol. The number of nitrogens with one attached hydrogen (secondary N) is 1. The van der Waals surface area contributed by atoms with Crippen LogP contribution in [0.4, 0.5) is 0 Å². The van der Waals surface area contributed by atoms with Crippen LogP contribution in [0.1, 0.15) is 69.7 Å². The molecule has 1 amide bonds. The van der Waals surface area contributed by atoms with Crippen molar-refractivity contribution < 1.29 is 9.53 Å². The number of imidazole rings is 1. The third kappa shape index (κ3) is 5.95. The van der Waals surface area contributed by atoms with E-state index in [0.717, 1.165) is 54.8 Å². The lowest BCUT2D eigenvalue weighted by Gasteiger charge is -2.20. The van der Waals surface area contributed by atoms with Crippen LogP contribution in [0.25, 0.3) is 11.0 Å².